The number of hydrogen-bond donors (Lipinski definition) is 1. The van der Waals surface area contributed by atoms with Crippen LogP contribution in [0.15, 0.2) is 48.5 Å². The molecule has 0 heterocycles. The first-order chi connectivity index (χ1) is 11.7. The van der Waals surface area contributed by atoms with Crippen molar-refractivity contribution >= 4 is 5.69 Å². The topological polar surface area (TPSA) is 21.3 Å². The molecule has 0 bridgehead atoms. The molecular formula is C22H31NO. The van der Waals surface area contributed by atoms with Gasteiger partial charge < -0.3 is 10.1 Å². The van der Waals surface area contributed by atoms with Gasteiger partial charge in [-0.15, -0.1) is 0 Å². The van der Waals surface area contributed by atoms with Crippen LogP contribution in [0.2, 0.25) is 0 Å². The van der Waals surface area contributed by atoms with E-state index < -0.39 is 0 Å². The summed E-state index contributed by atoms with van der Waals surface area (Å²) in [4.78, 5) is 0. The van der Waals surface area contributed by atoms with E-state index in [0.29, 0.717) is 5.92 Å². The maximum absolute atomic E-state index is 6.01. The summed E-state index contributed by atoms with van der Waals surface area (Å²) in [5.74, 6) is 1.52. The van der Waals surface area contributed by atoms with Crippen LogP contribution in [0.3, 0.4) is 0 Å². The Morgan fingerprint density at radius 3 is 2.46 bits per heavy atom. The first-order valence-corrected chi connectivity index (χ1v) is 9.26. The summed E-state index contributed by atoms with van der Waals surface area (Å²) in [7, 11) is 0. The summed E-state index contributed by atoms with van der Waals surface area (Å²) in [6.07, 6.45) is 4.93. The molecular weight excluding hydrogens is 294 g/mol. The van der Waals surface area contributed by atoms with E-state index in [0.717, 1.165) is 25.3 Å². The molecule has 2 aromatic rings. The van der Waals surface area contributed by atoms with Crippen LogP contribution in [0, 0.1) is 0 Å². The van der Waals surface area contributed by atoms with E-state index in [4.69, 9.17) is 4.74 Å². The number of nitrogens with one attached hydrogen (secondary N) is 1. The van der Waals surface area contributed by atoms with E-state index >= 15 is 0 Å². The Morgan fingerprint density at radius 1 is 0.917 bits per heavy atom. The molecule has 24 heavy (non-hydrogen) atoms. The molecule has 0 saturated heterocycles. The van der Waals surface area contributed by atoms with Crippen molar-refractivity contribution in [3.63, 3.8) is 0 Å². The predicted molar refractivity (Wildman–Crippen MR) is 104 cm³/mol. The molecule has 0 aliphatic heterocycles. The average molecular weight is 325 g/mol. The van der Waals surface area contributed by atoms with E-state index in [1.54, 1.807) is 0 Å². The normalized spacial score (nSPS) is 10.8. The second kappa shape index (κ2) is 10.0. The Morgan fingerprint density at radius 2 is 1.67 bits per heavy atom. The largest absolute Gasteiger partial charge is 0.493 e. The molecule has 0 radical (unpaired) electrons. The standard InChI is InChI=1S/C22H31NO/c1-4-5-6-11-16-24-22-15-10-7-12-19(22)17-23-21-14-9-8-13-20(21)18(2)3/h7-10,12-15,18,23H,4-6,11,16-17H2,1-3H3. The maximum atomic E-state index is 6.01. The number of unbranched alkanes of at least 4 members (excludes halogenated alkanes) is 3. The lowest BCUT2D eigenvalue weighted by molar-refractivity contribution is 0.302. The number of benzene rings is 2. The summed E-state index contributed by atoms with van der Waals surface area (Å²) in [6.45, 7) is 8.28. The van der Waals surface area contributed by atoms with Gasteiger partial charge in [0.05, 0.1) is 6.61 Å². The molecule has 1 N–H and O–H groups in total. The van der Waals surface area contributed by atoms with Crippen LogP contribution in [0.4, 0.5) is 5.69 Å². The highest BCUT2D eigenvalue weighted by atomic mass is 16.5. The third kappa shape index (κ3) is 5.59. The Labute approximate surface area is 147 Å². The summed E-state index contributed by atoms with van der Waals surface area (Å²) in [6, 6.07) is 16.9. The van der Waals surface area contributed by atoms with Crippen LogP contribution in [0.5, 0.6) is 5.75 Å². The number of rotatable bonds is 10. The molecule has 0 atom stereocenters. The van der Waals surface area contributed by atoms with Crippen LogP contribution >= 0.6 is 0 Å². The van der Waals surface area contributed by atoms with E-state index in [-0.39, 0.29) is 0 Å². The lowest BCUT2D eigenvalue weighted by atomic mass is 10.0. The SMILES string of the molecule is CCCCCCOc1ccccc1CNc1ccccc1C(C)C. The van der Waals surface area contributed by atoms with Crippen molar-refractivity contribution in [2.45, 2.75) is 58.9 Å². The maximum Gasteiger partial charge on any atom is 0.124 e. The molecule has 0 fully saturated rings. The highest BCUT2D eigenvalue weighted by Crippen LogP contribution is 2.26. The van der Waals surface area contributed by atoms with Crippen LogP contribution in [0.25, 0.3) is 0 Å². The molecule has 0 aliphatic rings. The summed E-state index contributed by atoms with van der Waals surface area (Å²) in [5.41, 5.74) is 3.78. The third-order valence-corrected chi connectivity index (χ3v) is 4.28. The first-order valence-electron chi connectivity index (χ1n) is 9.26. The van der Waals surface area contributed by atoms with Crippen LogP contribution in [0.1, 0.15) is 63.5 Å². The van der Waals surface area contributed by atoms with Crippen molar-refractivity contribution in [3.8, 4) is 5.75 Å². The lowest BCUT2D eigenvalue weighted by Crippen LogP contribution is -2.06. The van der Waals surface area contributed by atoms with E-state index in [1.807, 2.05) is 6.07 Å². The minimum absolute atomic E-state index is 0.513. The Bertz CT molecular complexity index is 606. The van der Waals surface area contributed by atoms with Crippen molar-refractivity contribution in [2.75, 3.05) is 11.9 Å². The van der Waals surface area contributed by atoms with Crippen molar-refractivity contribution in [3.05, 3.63) is 59.7 Å². The molecule has 0 aliphatic carbocycles. The molecule has 2 aromatic carbocycles. The highest BCUT2D eigenvalue weighted by molar-refractivity contribution is 5.53. The second-order valence-corrected chi connectivity index (χ2v) is 6.61. The molecule has 130 valence electrons. The van der Waals surface area contributed by atoms with Crippen LogP contribution in [-0.2, 0) is 6.54 Å². The summed E-state index contributed by atoms with van der Waals surface area (Å²) >= 11 is 0. The number of hydrogen-bond acceptors (Lipinski definition) is 2. The fourth-order valence-electron chi connectivity index (χ4n) is 2.85. The quantitative estimate of drug-likeness (QED) is 0.512. The van der Waals surface area contributed by atoms with Gasteiger partial charge in [0.2, 0.25) is 0 Å². The van der Waals surface area contributed by atoms with E-state index in [1.165, 1.54) is 36.1 Å². The molecule has 0 spiro atoms. The van der Waals surface area contributed by atoms with Gasteiger partial charge in [0, 0.05) is 17.8 Å². The van der Waals surface area contributed by atoms with Crippen molar-refractivity contribution < 1.29 is 4.74 Å². The second-order valence-electron chi connectivity index (χ2n) is 6.61. The Hall–Kier alpha value is -1.96. The van der Waals surface area contributed by atoms with Crippen molar-refractivity contribution in [1.29, 1.82) is 0 Å². The minimum atomic E-state index is 0.513. The van der Waals surface area contributed by atoms with Gasteiger partial charge in [0.1, 0.15) is 5.75 Å². The molecule has 2 heteroatoms. The van der Waals surface area contributed by atoms with Gasteiger partial charge in [0.15, 0.2) is 0 Å². The number of ether oxygens (including phenoxy) is 1. The molecule has 0 amide bonds. The van der Waals surface area contributed by atoms with Gasteiger partial charge in [-0.3, -0.25) is 0 Å². The zero-order valence-corrected chi connectivity index (χ0v) is 15.3. The van der Waals surface area contributed by atoms with Gasteiger partial charge >= 0.3 is 0 Å². The van der Waals surface area contributed by atoms with Crippen molar-refractivity contribution in [1.82, 2.24) is 0 Å². The van der Waals surface area contributed by atoms with Gasteiger partial charge in [-0.2, -0.15) is 0 Å². The molecule has 2 nitrogen and oxygen atoms in total. The molecule has 0 unspecified atom stereocenters. The summed E-state index contributed by atoms with van der Waals surface area (Å²) in [5, 5.41) is 3.58. The molecule has 0 saturated carbocycles. The zero-order chi connectivity index (χ0) is 17.2. The average Bonchev–Trinajstić information content (AvgIpc) is 2.61. The van der Waals surface area contributed by atoms with E-state index in [2.05, 4.69) is 68.6 Å². The zero-order valence-electron chi connectivity index (χ0n) is 15.3. The van der Waals surface area contributed by atoms with Gasteiger partial charge in [-0.25, -0.2) is 0 Å². The molecule has 0 aromatic heterocycles. The predicted octanol–water partition coefficient (Wildman–Crippen LogP) is 6.38. The van der Waals surface area contributed by atoms with Gasteiger partial charge in [-0.1, -0.05) is 76.4 Å². The fraction of sp³-hybridized carbons (Fsp3) is 0.455. The highest BCUT2D eigenvalue weighted by Gasteiger charge is 2.07. The number of para-hydroxylation sites is 2. The first kappa shape index (κ1) is 18.4. The monoisotopic (exact) mass is 325 g/mol. The minimum Gasteiger partial charge on any atom is -0.493 e. The smallest absolute Gasteiger partial charge is 0.124 e. The number of anilines is 1. The van der Waals surface area contributed by atoms with Crippen molar-refractivity contribution in [2.24, 2.45) is 0 Å². The van der Waals surface area contributed by atoms with Crippen LogP contribution in [-0.4, -0.2) is 6.61 Å². The Kier molecular flexibility index (Phi) is 7.67. The van der Waals surface area contributed by atoms with E-state index in [9.17, 15) is 0 Å². The van der Waals surface area contributed by atoms with Crippen LogP contribution < -0.4 is 10.1 Å². The molecule has 2 rings (SSSR count). The summed E-state index contributed by atoms with van der Waals surface area (Å²) < 4.78 is 6.01. The van der Waals surface area contributed by atoms with Gasteiger partial charge in [0.25, 0.3) is 0 Å². The Balaban J connectivity index is 1.95. The lowest BCUT2D eigenvalue weighted by Gasteiger charge is -2.16. The fourth-order valence-corrected chi connectivity index (χ4v) is 2.85. The third-order valence-electron chi connectivity index (χ3n) is 4.28. The van der Waals surface area contributed by atoms with Gasteiger partial charge in [-0.05, 0) is 30.0 Å².